The number of guanidine groups is 1. The molecule has 0 spiro atoms. The third kappa shape index (κ3) is 11.1. The van der Waals surface area contributed by atoms with Crippen LogP contribution >= 0.6 is 0 Å². The van der Waals surface area contributed by atoms with Crippen molar-refractivity contribution >= 4 is 41.5 Å². The molecule has 1 aromatic rings. The van der Waals surface area contributed by atoms with E-state index in [1.54, 1.807) is 44.2 Å². The van der Waals surface area contributed by atoms with E-state index in [-0.39, 0.29) is 25.3 Å². The zero-order valence-electron chi connectivity index (χ0n) is 23.0. The van der Waals surface area contributed by atoms with E-state index in [0.717, 1.165) is 0 Å². The van der Waals surface area contributed by atoms with Crippen molar-refractivity contribution < 1.29 is 33.9 Å². The van der Waals surface area contributed by atoms with Crippen molar-refractivity contribution in [2.45, 2.75) is 63.7 Å². The van der Waals surface area contributed by atoms with Crippen LogP contribution in [0.15, 0.2) is 35.3 Å². The lowest BCUT2D eigenvalue weighted by atomic mass is 10.00. The fraction of sp³-hybridized carbons (Fsp3) is 0.500. The molecule has 0 saturated carbocycles. The number of aliphatic carboxylic acids is 1. The zero-order chi connectivity index (χ0) is 30.5. The minimum Gasteiger partial charge on any atom is -0.481 e. The number of carbonyl (C=O) groups excluding carboxylic acids is 5. The molecule has 4 atom stereocenters. The second-order valence-electron chi connectivity index (χ2n) is 9.93. The molecule has 1 saturated heterocycles. The molecule has 0 radical (unpaired) electrons. The number of nitrogens with one attached hydrogen (secondary N) is 5. The Balaban J connectivity index is 2.43. The Kier molecular flexibility index (Phi) is 12.5. The Bertz CT molecular complexity index is 1140. The number of benzene rings is 1. The van der Waals surface area contributed by atoms with Crippen LogP contribution in [0.4, 0.5) is 0 Å². The zero-order valence-corrected chi connectivity index (χ0v) is 23.0. The number of nitrogens with zero attached hydrogens (tertiary/aromatic N) is 1. The van der Waals surface area contributed by atoms with E-state index in [9.17, 15) is 33.9 Å². The third-order valence-electron chi connectivity index (χ3n) is 6.19. The second-order valence-corrected chi connectivity index (χ2v) is 9.93. The lowest BCUT2D eigenvalue weighted by Gasteiger charge is -2.27. The maximum atomic E-state index is 13.4. The van der Waals surface area contributed by atoms with Crippen LogP contribution in [-0.4, -0.2) is 83.8 Å². The summed E-state index contributed by atoms with van der Waals surface area (Å²) in [7, 11) is 0. The highest BCUT2D eigenvalue weighted by Crippen LogP contribution is 2.09. The van der Waals surface area contributed by atoms with Gasteiger partial charge in [0.25, 0.3) is 0 Å². The standard InChI is InChI=1S/C26H38N8O7/c1-14(2)21-25(41)32-16(9-6-10-29-26(27)28)22(38)30-13-19(35)31-18(12-20(36)37)23(39)33-17(24(40)34-21)11-15-7-4-3-5-8-15/h3-5,7-8,14,16-18,21H,6,9-13H2,1-2H3,(H,30,38)(H,31,35)(H,32,41)(H,33,39)(H,34,40)(H,36,37)(H4,27,28,29)/t16-,17+,18-,21?/m0/s1. The van der Waals surface area contributed by atoms with E-state index in [1.165, 1.54) is 0 Å². The Morgan fingerprint density at radius 2 is 1.54 bits per heavy atom. The largest absolute Gasteiger partial charge is 0.481 e. The lowest BCUT2D eigenvalue weighted by molar-refractivity contribution is -0.141. The Hall–Kier alpha value is -4.69. The highest BCUT2D eigenvalue weighted by Gasteiger charge is 2.34. The first-order valence-electron chi connectivity index (χ1n) is 13.2. The first kappa shape index (κ1) is 32.5. The molecule has 15 nitrogen and oxygen atoms in total. The van der Waals surface area contributed by atoms with Crippen molar-refractivity contribution in [2.75, 3.05) is 13.1 Å². The van der Waals surface area contributed by atoms with Gasteiger partial charge in [-0.3, -0.25) is 33.8 Å². The van der Waals surface area contributed by atoms with Gasteiger partial charge in [-0.15, -0.1) is 0 Å². The summed E-state index contributed by atoms with van der Waals surface area (Å²) in [6.45, 7) is 2.98. The van der Waals surface area contributed by atoms with Gasteiger partial charge in [0.2, 0.25) is 29.5 Å². The molecule has 15 heteroatoms. The molecule has 0 aromatic heterocycles. The van der Waals surface area contributed by atoms with E-state index < -0.39 is 78.6 Å². The molecule has 1 fully saturated rings. The normalized spacial score (nSPS) is 22.7. The van der Waals surface area contributed by atoms with Crippen LogP contribution in [0.25, 0.3) is 0 Å². The molecule has 1 unspecified atom stereocenters. The summed E-state index contributed by atoms with van der Waals surface area (Å²) in [4.78, 5) is 80.7. The van der Waals surface area contributed by atoms with Gasteiger partial charge in [-0.25, -0.2) is 0 Å². The Labute approximate surface area is 237 Å². The van der Waals surface area contributed by atoms with Gasteiger partial charge in [-0.05, 0) is 24.3 Å². The van der Waals surface area contributed by atoms with Gasteiger partial charge in [0.1, 0.15) is 24.2 Å². The molecule has 5 amide bonds. The highest BCUT2D eigenvalue weighted by atomic mass is 16.4. The van der Waals surface area contributed by atoms with E-state index in [2.05, 4.69) is 31.6 Å². The van der Waals surface area contributed by atoms with Gasteiger partial charge in [0.05, 0.1) is 13.0 Å². The number of carboxylic acid groups (broad SMARTS) is 1. The van der Waals surface area contributed by atoms with Crippen molar-refractivity contribution in [3.63, 3.8) is 0 Å². The van der Waals surface area contributed by atoms with E-state index in [0.29, 0.717) is 12.0 Å². The first-order chi connectivity index (χ1) is 19.4. The summed E-state index contributed by atoms with van der Waals surface area (Å²) in [6.07, 6.45) is -0.341. The second kappa shape index (κ2) is 15.8. The predicted octanol–water partition coefficient (Wildman–Crippen LogP) is -2.52. The van der Waals surface area contributed by atoms with Crippen LogP contribution in [0, 0.1) is 5.92 Å². The van der Waals surface area contributed by atoms with Gasteiger partial charge in [0, 0.05) is 13.0 Å². The molecular formula is C26H38N8O7. The number of amides is 5. The minimum absolute atomic E-state index is 0.0199. The molecule has 1 aromatic carbocycles. The van der Waals surface area contributed by atoms with Crippen LogP contribution in [0.2, 0.25) is 0 Å². The molecular weight excluding hydrogens is 536 g/mol. The topological polar surface area (TPSA) is 247 Å². The van der Waals surface area contributed by atoms with Gasteiger partial charge in [-0.2, -0.15) is 0 Å². The summed E-state index contributed by atoms with van der Waals surface area (Å²) in [5.41, 5.74) is 11.4. The van der Waals surface area contributed by atoms with Crippen LogP contribution in [-0.2, 0) is 35.2 Å². The van der Waals surface area contributed by atoms with Crippen molar-refractivity contribution in [1.29, 1.82) is 0 Å². The maximum absolute atomic E-state index is 13.4. The lowest BCUT2D eigenvalue weighted by Crippen LogP contribution is -2.59. The fourth-order valence-corrected chi connectivity index (χ4v) is 4.07. The molecule has 224 valence electrons. The summed E-state index contributed by atoms with van der Waals surface area (Å²) in [5.74, 6) is -5.75. The smallest absolute Gasteiger partial charge is 0.305 e. The highest BCUT2D eigenvalue weighted by molar-refractivity contribution is 5.98. The van der Waals surface area contributed by atoms with Gasteiger partial charge >= 0.3 is 5.97 Å². The molecule has 1 aliphatic heterocycles. The predicted molar refractivity (Wildman–Crippen MR) is 148 cm³/mol. The monoisotopic (exact) mass is 574 g/mol. The molecule has 1 aliphatic rings. The Morgan fingerprint density at radius 3 is 2.15 bits per heavy atom. The number of hydrogen-bond acceptors (Lipinski definition) is 7. The van der Waals surface area contributed by atoms with Crippen LogP contribution in [0.3, 0.4) is 0 Å². The number of nitrogens with two attached hydrogens (primary N) is 2. The summed E-state index contributed by atoms with van der Waals surface area (Å²) in [6, 6.07) is 3.79. The van der Waals surface area contributed by atoms with Gasteiger partial charge in [-0.1, -0.05) is 44.2 Å². The molecule has 41 heavy (non-hydrogen) atoms. The quantitative estimate of drug-likeness (QED) is 0.0879. The minimum atomic E-state index is -1.54. The number of hydrogen-bond donors (Lipinski definition) is 8. The number of rotatable bonds is 9. The number of carboxylic acids is 1. The summed E-state index contributed by atoms with van der Waals surface area (Å²) < 4.78 is 0. The van der Waals surface area contributed by atoms with Crippen LogP contribution in [0.1, 0.15) is 38.7 Å². The number of aliphatic imine (C=N–C) groups is 1. The molecule has 10 N–H and O–H groups in total. The molecule has 1 heterocycles. The average molecular weight is 575 g/mol. The maximum Gasteiger partial charge on any atom is 0.305 e. The fourth-order valence-electron chi connectivity index (χ4n) is 4.07. The third-order valence-corrected chi connectivity index (χ3v) is 6.19. The molecule has 0 aliphatic carbocycles. The summed E-state index contributed by atoms with van der Waals surface area (Å²) in [5, 5.41) is 21.8. The Morgan fingerprint density at radius 1 is 0.902 bits per heavy atom. The van der Waals surface area contributed by atoms with Crippen LogP contribution < -0.4 is 38.1 Å². The van der Waals surface area contributed by atoms with Crippen LogP contribution in [0.5, 0.6) is 0 Å². The van der Waals surface area contributed by atoms with Crippen molar-refractivity contribution in [3.05, 3.63) is 35.9 Å². The molecule has 2 rings (SSSR count). The average Bonchev–Trinajstić information content (AvgIpc) is 2.90. The summed E-state index contributed by atoms with van der Waals surface area (Å²) >= 11 is 0. The van der Waals surface area contributed by atoms with Gasteiger partial charge < -0.3 is 43.2 Å². The van der Waals surface area contributed by atoms with E-state index in [4.69, 9.17) is 11.5 Å². The number of carbonyl (C=O) groups is 6. The van der Waals surface area contributed by atoms with Gasteiger partial charge in [0.15, 0.2) is 5.96 Å². The van der Waals surface area contributed by atoms with E-state index >= 15 is 0 Å². The van der Waals surface area contributed by atoms with E-state index in [1.807, 2.05) is 0 Å². The van der Waals surface area contributed by atoms with Crippen molar-refractivity contribution in [2.24, 2.45) is 22.4 Å². The molecule has 0 bridgehead atoms. The first-order valence-corrected chi connectivity index (χ1v) is 13.2. The van der Waals surface area contributed by atoms with Crippen molar-refractivity contribution in [3.8, 4) is 0 Å². The van der Waals surface area contributed by atoms with Crippen molar-refractivity contribution in [1.82, 2.24) is 26.6 Å². The SMILES string of the molecule is CC(C)C1NC(=O)[C@@H](Cc2ccccc2)NC(=O)[C@H](CC(=O)O)NC(=O)CNC(=O)[C@H](CCCN=C(N)N)NC1=O.